The summed E-state index contributed by atoms with van der Waals surface area (Å²) in [6.45, 7) is 1.80. The first-order valence-corrected chi connectivity index (χ1v) is 9.23. The van der Waals surface area contributed by atoms with Crippen molar-refractivity contribution in [2.45, 2.75) is 32.7 Å². The van der Waals surface area contributed by atoms with Crippen LogP contribution in [0.3, 0.4) is 0 Å². The van der Waals surface area contributed by atoms with Gasteiger partial charge in [0, 0.05) is 19.5 Å². The molecule has 1 aromatic heterocycles. The third kappa shape index (κ3) is 6.54. The lowest BCUT2D eigenvalue weighted by Crippen LogP contribution is -2.24. The molecule has 150 valence electrons. The smallest absolute Gasteiger partial charge is 0.306 e. The van der Waals surface area contributed by atoms with E-state index >= 15 is 0 Å². The molecule has 0 aliphatic heterocycles. The first-order valence-electron chi connectivity index (χ1n) is 9.23. The number of amides is 1. The molecule has 2 aromatic carbocycles. The molecule has 0 aliphatic carbocycles. The van der Waals surface area contributed by atoms with Gasteiger partial charge in [0.05, 0.1) is 18.1 Å². The highest BCUT2D eigenvalue weighted by Crippen LogP contribution is 2.09. The summed E-state index contributed by atoms with van der Waals surface area (Å²) in [7, 11) is 0. The topological polar surface area (TPSA) is 99.3 Å². The van der Waals surface area contributed by atoms with Gasteiger partial charge in [-0.25, -0.2) is 0 Å². The minimum Gasteiger partial charge on any atom is -0.372 e. The molecule has 29 heavy (non-hydrogen) atoms. The predicted molar refractivity (Wildman–Crippen MR) is 107 cm³/mol. The highest BCUT2D eigenvalue weighted by molar-refractivity contribution is 5.75. The molecule has 0 aliphatic rings. The van der Waals surface area contributed by atoms with Crippen LogP contribution < -0.4 is 5.32 Å². The Kier molecular flexibility index (Phi) is 7.07. The molecular formula is C21H22N4O4. The van der Waals surface area contributed by atoms with E-state index in [1.54, 1.807) is 0 Å². The number of nitrogens with zero attached hydrogens (tertiary/aromatic N) is 3. The van der Waals surface area contributed by atoms with Crippen molar-refractivity contribution in [2.24, 2.45) is 0 Å². The van der Waals surface area contributed by atoms with Crippen LogP contribution in [-0.4, -0.2) is 20.6 Å². The Hall–Kier alpha value is -3.52. The average molecular weight is 394 g/mol. The summed E-state index contributed by atoms with van der Waals surface area (Å²) in [5, 5.41) is 17.3. The molecule has 3 aromatic rings. The van der Waals surface area contributed by atoms with E-state index in [4.69, 9.17) is 4.74 Å². The fourth-order valence-corrected chi connectivity index (χ4v) is 2.69. The van der Waals surface area contributed by atoms with Crippen molar-refractivity contribution in [2.75, 3.05) is 0 Å². The molecule has 0 saturated heterocycles. The number of benzene rings is 2. The first kappa shape index (κ1) is 20.2. The quantitative estimate of drug-likeness (QED) is 0.420. The maximum Gasteiger partial charge on any atom is 0.306 e. The van der Waals surface area contributed by atoms with Crippen molar-refractivity contribution in [1.29, 1.82) is 0 Å². The number of aryl methyl sites for hydroxylation is 1. The predicted octanol–water partition coefficient (Wildman–Crippen LogP) is 3.21. The van der Waals surface area contributed by atoms with E-state index in [2.05, 4.69) is 10.4 Å². The Balaban J connectivity index is 1.36. The highest BCUT2D eigenvalue weighted by Gasteiger charge is 2.09. The van der Waals surface area contributed by atoms with E-state index in [1.165, 1.54) is 17.1 Å². The number of aromatic nitrogens is 2. The molecule has 0 saturated carbocycles. The molecular weight excluding hydrogens is 372 g/mol. The lowest BCUT2D eigenvalue weighted by Gasteiger charge is -2.08. The van der Waals surface area contributed by atoms with Gasteiger partial charge in [-0.05, 0) is 16.7 Å². The molecule has 1 heterocycles. The second-order valence-electron chi connectivity index (χ2n) is 6.54. The molecule has 0 atom stereocenters. The summed E-state index contributed by atoms with van der Waals surface area (Å²) >= 11 is 0. The van der Waals surface area contributed by atoms with Crippen LogP contribution in [0.5, 0.6) is 0 Å². The van der Waals surface area contributed by atoms with Gasteiger partial charge < -0.3 is 10.1 Å². The van der Waals surface area contributed by atoms with Gasteiger partial charge in [-0.2, -0.15) is 5.10 Å². The second kappa shape index (κ2) is 10.1. The summed E-state index contributed by atoms with van der Waals surface area (Å²) in [4.78, 5) is 22.1. The number of ether oxygens (including phenoxy) is 1. The molecule has 8 nitrogen and oxygen atoms in total. The fourth-order valence-electron chi connectivity index (χ4n) is 2.69. The minimum atomic E-state index is -0.514. The van der Waals surface area contributed by atoms with E-state index in [1.807, 2.05) is 54.6 Å². The lowest BCUT2D eigenvalue weighted by molar-refractivity contribution is -0.385. The zero-order valence-corrected chi connectivity index (χ0v) is 15.9. The third-order valence-corrected chi connectivity index (χ3v) is 4.29. The lowest BCUT2D eigenvalue weighted by atomic mass is 10.1. The van der Waals surface area contributed by atoms with Crippen LogP contribution in [0.2, 0.25) is 0 Å². The van der Waals surface area contributed by atoms with Gasteiger partial charge in [0.15, 0.2) is 0 Å². The molecule has 0 radical (unpaired) electrons. The summed E-state index contributed by atoms with van der Waals surface area (Å²) < 4.78 is 7.11. The van der Waals surface area contributed by atoms with Crippen LogP contribution in [0.1, 0.15) is 23.1 Å². The second-order valence-corrected chi connectivity index (χ2v) is 6.54. The number of hydrogen-bond acceptors (Lipinski definition) is 5. The van der Waals surface area contributed by atoms with E-state index < -0.39 is 4.92 Å². The van der Waals surface area contributed by atoms with E-state index in [-0.39, 0.29) is 24.6 Å². The van der Waals surface area contributed by atoms with Crippen LogP contribution in [0.25, 0.3) is 0 Å². The molecule has 0 spiro atoms. The van der Waals surface area contributed by atoms with Crippen molar-refractivity contribution < 1.29 is 14.5 Å². The van der Waals surface area contributed by atoms with Gasteiger partial charge in [0.2, 0.25) is 5.91 Å². The monoisotopic (exact) mass is 394 g/mol. The molecule has 0 fully saturated rings. The van der Waals surface area contributed by atoms with Gasteiger partial charge >= 0.3 is 5.69 Å². The fraction of sp³-hybridized carbons (Fsp3) is 0.238. The maximum absolute atomic E-state index is 12.0. The Morgan fingerprint density at radius 1 is 1.03 bits per heavy atom. The number of carbonyl (C=O) groups excluding carboxylic acids is 1. The van der Waals surface area contributed by atoms with Crippen molar-refractivity contribution in [1.82, 2.24) is 15.1 Å². The Labute approximate surface area is 168 Å². The minimum absolute atomic E-state index is 0.0850. The van der Waals surface area contributed by atoms with Crippen molar-refractivity contribution >= 4 is 11.6 Å². The number of rotatable bonds is 10. The summed E-state index contributed by atoms with van der Waals surface area (Å²) in [5.74, 6) is -0.140. The molecule has 8 heteroatoms. The number of nitrogens with one attached hydrogen (secondary N) is 1. The van der Waals surface area contributed by atoms with E-state index in [9.17, 15) is 14.9 Å². The van der Waals surface area contributed by atoms with Gasteiger partial charge in [-0.1, -0.05) is 54.6 Å². The van der Waals surface area contributed by atoms with E-state index in [0.717, 1.165) is 16.7 Å². The average Bonchev–Trinajstić information content (AvgIpc) is 3.22. The number of nitro groups is 1. The molecule has 1 N–H and O–H groups in total. The Bertz CT molecular complexity index is 939. The molecule has 3 rings (SSSR count). The van der Waals surface area contributed by atoms with Crippen LogP contribution >= 0.6 is 0 Å². The zero-order valence-electron chi connectivity index (χ0n) is 15.9. The molecule has 0 bridgehead atoms. The van der Waals surface area contributed by atoms with Crippen molar-refractivity contribution in [3.63, 3.8) is 0 Å². The van der Waals surface area contributed by atoms with Gasteiger partial charge in [-0.15, -0.1) is 0 Å². The highest BCUT2D eigenvalue weighted by atomic mass is 16.6. The standard InChI is InChI=1S/C21H22N4O4/c26-21(10-11-24-14-20(13-23-24)25(27)28)22-12-17-6-8-19(9-7-17)16-29-15-18-4-2-1-3-5-18/h1-9,13-14H,10-12,15-16H2,(H,22,26). The third-order valence-electron chi connectivity index (χ3n) is 4.29. The van der Waals surface area contributed by atoms with Crippen LogP contribution in [0, 0.1) is 10.1 Å². The maximum atomic E-state index is 12.0. The molecule has 0 unspecified atom stereocenters. The number of hydrogen-bond donors (Lipinski definition) is 1. The molecule has 1 amide bonds. The van der Waals surface area contributed by atoms with Gasteiger partial charge in [-0.3, -0.25) is 19.6 Å². The zero-order chi connectivity index (χ0) is 20.5. The van der Waals surface area contributed by atoms with Crippen molar-refractivity contribution in [3.8, 4) is 0 Å². The first-order chi connectivity index (χ1) is 14.1. The summed E-state index contributed by atoms with van der Waals surface area (Å²) in [6, 6.07) is 17.9. The Morgan fingerprint density at radius 3 is 2.34 bits per heavy atom. The number of carbonyl (C=O) groups is 1. The van der Waals surface area contributed by atoms with Crippen LogP contribution in [0.15, 0.2) is 67.0 Å². The SMILES string of the molecule is O=C(CCn1cc([N+](=O)[O-])cn1)NCc1ccc(COCc2ccccc2)cc1. The van der Waals surface area contributed by atoms with Crippen LogP contribution in [0.4, 0.5) is 5.69 Å². The normalized spacial score (nSPS) is 10.6. The van der Waals surface area contributed by atoms with E-state index in [0.29, 0.717) is 19.8 Å². The van der Waals surface area contributed by atoms with Gasteiger partial charge in [0.1, 0.15) is 12.4 Å². The summed E-state index contributed by atoms with van der Waals surface area (Å²) in [5.41, 5.74) is 3.10. The Morgan fingerprint density at radius 2 is 1.69 bits per heavy atom. The van der Waals surface area contributed by atoms with Crippen LogP contribution in [-0.2, 0) is 35.8 Å². The van der Waals surface area contributed by atoms with Crippen molar-refractivity contribution in [3.05, 3.63) is 93.8 Å². The summed E-state index contributed by atoms with van der Waals surface area (Å²) in [6.07, 6.45) is 2.68. The van der Waals surface area contributed by atoms with Gasteiger partial charge in [0.25, 0.3) is 0 Å². The largest absolute Gasteiger partial charge is 0.372 e.